The molecule has 1 aliphatic carbocycles. The molecule has 0 saturated heterocycles. The number of imidazole rings is 1. The molecule has 3 heterocycles. The minimum Gasteiger partial charge on any atom is -0.465 e. The largest absolute Gasteiger partial charge is 0.465 e. The predicted molar refractivity (Wildman–Crippen MR) is 129 cm³/mol. The Hall–Kier alpha value is -3.47. The average Bonchev–Trinajstić information content (AvgIpc) is 3.20. The summed E-state index contributed by atoms with van der Waals surface area (Å²) in [5, 5.41) is 10.4. The Morgan fingerprint density at radius 1 is 1.34 bits per heavy atom. The fourth-order valence-corrected chi connectivity index (χ4v) is 4.95. The topological polar surface area (TPSA) is 101 Å². The van der Waals surface area contributed by atoms with Crippen molar-refractivity contribution in [2.24, 2.45) is 5.92 Å². The van der Waals surface area contributed by atoms with Gasteiger partial charge in [-0.05, 0) is 36.6 Å². The van der Waals surface area contributed by atoms with Crippen LogP contribution in [0.1, 0.15) is 25.3 Å². The van der Waals surface area contributed by atoms with Crippen molar-refractivity contribution < 1.29 is 23.1 Å². The number of aromatic nitrogens is 4. The maximum absolute atomic E-state index is 15.5. The third-order valence-corrected chi connectivity index (χ3v) is 7.00. The molecule has 2 N–H and O–H groups in total. The lowest BCUT2D eigenvalue weighted by atomic mass is 9.97. The van der Waals surface area contributed by atoms with E-state index in [2.05, 4.69) is 20.5 Å². The molecule has 0 unspecified atom stereocenters. The highest BCUT2D eigenvalue weighted by molar-refractivity contribution is 7.99. The van der Waals surface area contributed by atoms with Crippen LogP contribution >= 0.6 is 11.8 Å². The summed E-state index contributed by atoms with van der Waals surface area (Å²) in [5.74, 6) is -0.900. The molecule has 1 aliphatic rings. The van der Waals surface area contributed by atoms with Crippen molar-refractivity contribution in [2.75, 3.05) is 17.7 Å². The second-order valence-electron chi connectivity index (χ2n) is 8.38. The molecule has 2 atom stereocenters. The first-order valence-electron chi connectivity index (χ1n) is 11.2. The molecule has 1 fully saturated rings. The van der Waals surface area contributed by atoms with Gasteiger partial charge in [-0.3, -0.25) is 14.7 Å². The monoisotopic (exact) mass is 499 g/mol. The summed E-state index contributed by atoms with van der Waals surface area (Å²) >= 11 is 1.27. The quantitative estimate of drug-likeness (QED) is 0.208. The van der Waals surface area contributed by atoms with Crippen LogP contribution in [0.3, 0.4) is 0 Å². The summed E-state index contributed by atoms with van der Waals surface area (Å²) in [6, 6.07) is 3.60. The Labute approximate surface area is 203 Å². The Balaban J connectivity index is 1.44. The number of hydrogen-bond acceptors (Lipinski definition) is 6. The summed E-state index contributed by atoms with van der Waals surface area (Å²) in [6.07, 6.45) is 4.56. The minimum atomic E-state index is -1.08. The summed E-state index contributed by atoms with van der Waals surface area (Å²) in [6.45, 7) is 3.62. The lowest BCUT2D eigenvalue weighted by Gasteiger charge is -2.14. The minimum absolute atomic E-state index is 0.191. The van der Waals surface area contributed by atoms with Gasteiger partial charge in [-0.25, -0.2) is 13.8 Å². The molecule has 0 spiro atoms. The molecule has 3 aromatic heterocycles. The summed E-state index contributed by atoms with van der Waals surface area (Å²) in [7, 11) is 0. The Morgan fingerprint density at radius 3 is 2.89 bits per heavy atom. The number of esters is 1. The van der Waals surface area contributed by atoms with Crippen LogP contribution in [-0.2, 0) is 14.3 Å². The van der Waals surface area contributed by atoms with E-state index in [9.17, 15) is 14.0 Å². The van der Waals surface area contributed by atoms with Gasteiger partial charge in [-0.1, -0.05) is 6.92 Å². The van der Waals surface area contributed by atoms with Gasteiger partial charge in [0.15, 0.2) is 5.82 Å². The first-order chi connectivity index (χ1) is 16.9. The summed E-state index contributed by atoms with van der Waals surface area (Å²) in [4.78, 5) is 28.2. The highest BCUT2D eigenvalue weighted by Crippen LogP contribution is 2.40. The van der Waals surface area contributed by atoms with Crippen molar-refractivity contribution in [3.63, 3.8) is 0 Å². The standard InChI is InChI=1S/C24H23F2N5O3S/c1-3-19(32)34-6-7-35-23-21(26)12(2)20(15-9-27-30-22(15)23)13-4-5-18-28-17(11-31(18)10-13)29-24(33)14-8-16(14)25/h4-5,9-11,14,16H,3,6-8H2,1-2H3,(H,27,30)(H,29,33)/t14-,16+/m1/s1. The van der Waals surface area contributed by atoms with E-state index in [4.69, 9.17) is 4.74 Å². The zero-order chi connectivity index (χ0) is 24.7. The number of halogens is 2. The lowest BCUT2D eigenvalue weighted by molar-refractivity contribution is -0.142. The molecule has 1 amide bonds. The number of carbonyl (C=O) groups is 2. The van der Waals surface area contributed by atoms with Crippen molar-refractivity contribution in [1.82, 2.24) is 19.6 Å². The molecule has 1 saturated carbocycles. The van der Waals surface area contributed by atoms with Crippen LogP contribution in [0.4, 0.5) is 14.6 Å². The maximum atomic E-state index is 15.5. The summed E-state index contributed by atoms with van der Waals surface area (Å²) < 4.78 is 35.5. The number of hydrogen-bond donors (Lipinski definition) is 2. The van der Waals surface area contributed by atoms with Crippen molar-refractivity contribution in [3.05, 3.63) is 42.1 Å². The van der Waals surface area contributed by atoms with Gasteiger partial charge in [-0.15, -0.1) is 11.8 Å². The van der Waals surface area contributed by atoms with Crippen LogP contribution in [0.15, 0.2) is 35.6 Å². The maximum Gasteiger partial charge on any atom is 0.305 e. The molecule has 8 nitrogen and oxygen atoms in total. The molecule has 4 aromatic rings. The van der Waals surface area contributed by atoms with Gasteiger partial charge in [0.05, 0.1) is 28.7 Å². The van der Waals surface area contributed by atoms with Crippen molar-refractivity contribution in [3.8, 4) is 11.1 Å². The molecule has 0 bridgehead atoms. The van der Waals surface area contributed by atoms with Gasteiger partial charge in [0.25, 0.3) is 0 Å². The SMILES string of the molecule is CCC(=O)OCCSc1c(F)c(C)c(-c2ccc3nc(NC(=O)[C@@H]4C[C@@H]4F)cn3c2)c2cn[nH]c12. The average molecular weight is 500 g/mol. The van der Waals surface area contributed by atoms with E-state index < -0.39 is 12.1 Å². The number of H-pyrrole nitrogens is 1. The number of benzene rings is 1. The number of rotatable bonds is 8. The number of fused-ring (bicyclic) bond motifs is 2. The van der Waals surface area contributed by atoms with Gasteiger partial charge in [0.2, 0.25) is 5.91 Å². The van der Waals surface area contributed by atoms with E-state index in [1.807, 2.05) is 6.07 Å². The van der Waals surface area contributed by atoms with Gasteiger partial charge in [0, 0.05) is 29.3 Å². The molecule has 0 aliphatic heterocycles. The second kappa shape index (κ2) is 9.29. The second-order valence-corrected chi connectivity index (χ2v) is 9.49. The normalized spacial score (nSPS) is 17.1. The smallest absolute Gasteiger partial charge is 0.305 e. The number of carbonyl (C=O) groups excluding carboxylic acids is 2. The van der Waals surface area contributed by atoms with Crippen molar-refractivity contribution in [1.29, 1.82) is 0 Å². The number of ether oxygens (including phenoxy) is 1. The van der Waals surface area contributed by atoms with E-state index in [1.54, 1.807) is 42.9 Å². The number of alkyl halides is 1. The number of aromatic amines is 1. The number of thioether (sulfide) groups is 1. The Morgan fingerprint density at radius 2 is 2.14 bits per heavy atom. The molecule has 5 rings (SSSR count). The summed E-state index contributed by atoms with van der Waals surface area (Å²) in [5.41, 5.74) is 3.05. The zero-order valence-corrected chi connectivity index (χ0v) is 19.9. The van der Waals surface area contributed by atoms with E-state index >= 15 is 4.39 Å². The van der Waals surface area contributed by atoms with Crippen LogP contribution in [0.2, 0.25) is 0 Å². The molecule has 11 heteroatoms. The first-order valence-corrected chi connectivity index (χ1v) is 12.2. The molecule has 0 radical (unpaired) electrons. The number of nitrogens with zero attached hydrogens (tertiary/aromatic N) is 3. The fourth-order valence-electron chi connectivity index (χ4n) is 4.00. The molecule has 35 heavy (non-hydrogen) atoms. The van der Waals surface area contributed by atoms with E-state index in [0.717, 1.165) is 10.9 Å². The number of amides is 1. The fraction of sp³-hybridized carbons (Fsp3) is 0.333. The van der Waals surface area contributed by atoms with Gasteiger partial charge in [-0.2, -0.15) is 5.10 Å². The van der Waals surface area contributed by atoms with Crippen LogP contribution in [0.25, 0.3) is 27.7 Å². The van der Waals surface area contributed by atoms with Gasteiger partial charge < -0.3 is 14.5 Å². The van der Waals surface area contributed by atoms with Crippen molar-refractivity contribution >= 4 is 46.0 Å². The molecule has 1 aromatic carbocycles. The molecule has 182 valence electrons. The number of nitrogens with one attached hydrogen (secondary N) is 2. The van der Waals surface area contributed by atoms with Gasteiger partial charge in [0.1, 0.15) is 24.2 Å². The van der Waals surface area contributed by atoms with Crippen LogP contribution < -0.4 is 5.32 Å². The van der Waals surface area contributed by atoms with Crippen LogP contribution in [0.5, 0.6) is 0 Å². The number of pyridine rings is 1. The third-order valence-electron chi connectivity index (χ3n) is 5.96. The van der Waals surface area contributed by atoms with Crippen LogP contribution in [-0.4, -0.2) is 50.0 Å². The van der Waals surface area contributed by atoms with E-state index in [-0.39, 0.29) is 30.7 Å². The Bertz CT molecular complexity index is 1450. The Kier molecular flexibility index (Phi) is 6.18. The van der Waals surface area contributed by atoms with E-state index in [1.165, 1.54) is 11.8 Å². The van der Waals surface area contributed by atoms with Gasteiger partial charge >= 0.3 is 5.97 Å². The number of anilines is 1. The van der Waals surface area contributed by atoms with Crippen LogP contribution in [0, 0.1) is 18.7 Å². The first kappa shape index (κ1) is 23.3. The zero-order valence-electron chi connectivity index (χ0n) is 19.1. The predicted octanol–water partition coefficient (Wildman–Crippen LogP) is 4.67. The molecular formula is C24H23F2N5O3S. The third kappa shape index (κ3) is 4.47. The van der Waals surface area contributed by atoms with Crippen molar-refractivity contribution in [2.45, 2.75) is 37.8 Å². The lowest BCUT2D eigenvalue weighted by Crippen LogP contribution is -2.15. The van der Waals surface area contributed by atoms with E-state index in [0.29, 0.717) is 45.2 Å². The highest BCUT2D eigenvalue weighted by Gasteiger charge is 2.43. The molecular weight excluding hydrogens is 476 g/mol. The highest BCUT2D eigenvalue weighted by atomic mass is 32.2.